The number of aromatic nitrogens is 1. The fraction of sp³-hybridized carbons (Fsp3) is 0.235. The Labute approximate surface area is 122 Å². The van der Waals surface area contributed by atoms with Crippen molar-refractivity contribution in [1.29, 1.82) is 0 Å². The van der Waals surface area contributed by atoms with Crippen LogP contribution in [0.25, 0.3) is 10.2 Å². The first kappa shape index (κ1) is 12.1. The molecule has 0 N–H and O–H groups in total. The minimum atomic E-state index is 0.139. The number of hydrogen-bond donors (Lipinski definition) is 0. The summed E-state index contributed by atoms with van der Waals surface area (Å²) >= 11 is 1.74. The summed E-state index contributed by atoms with van der Waals surface area (Å²) in [4.78, 5) is 4.68. The van der Waals surface area contributed by atoms with Gasteiger partial charge < -0.3 is 4.74 Å². The van der Waals surface area contributed by atoms with E-state index in [1.807, 2.05) is 6.07 Å². The highest BCUT2D eigenvalue weighted by Gasteiger charge is 2.43. The summed E-state index contributed by atoms with van der Waals surface area (Å²) in [5.74, 6) is 0. The van der Waals surface area contributed by atoms with Gasteiger partial charge in [-0.1, -0.05) is 43.3 Å². The molecule has 1 aliphatic rings. The van der Waals surface area contributed by atoms with Crippen LogP contribution in [0.1, 0.15) is 35.3 Å². The van der Waals surface area contributed by atoms with Crippen LogP contribution in [0, 0.1) is 0 Å². The molecule has 0 radical (unpaired) electrons. The first-order chi connectivity index (χ1) is 9.85. The average molecular weight is 281 g/mol. The van der Waals surface area contributed by atoms with E-state index in [2.05, 4.69) is 54.4 Å². The van der Waals surface area contributed by atoms with Crippen molar-refractivity contribution in [2.24, 2.45) is 0 Å². The second kappa shape index (κ2) is 4.69. The third-order valence-corrected chi connectivity index (χ3v) is 4.86. The third kappa shape index (κ3) is 2.03. The Balaban J connectivity index is 1.59. The number of thiazole rings is 1. The molecule has 3 heteroatoms. The van der Waals surface area contributed by atoms with Crippen LogP contribution in [0.3, 0.4) is 0 Å². The van der Waals surface area contributed by atoms with Crippen LogP contribution in [-0.4, -0.2) is 4.98 Å². The lowest BCUT2D eigenvalue weighted by Gasteiger charge is -1.98. The number of epoxide rings is 1. The molecule has 1 saturated heterocycles. The molecule has 100 valence electrons. The molecule has 0 amide bonds. The van der Waals surface area contributed by atoms with E-state index in [9.17, 15) is 0 Å². The molecule has 2 aromatic carbocycles. The zero-order valence-electron chi connectivity index (χ0n) is 11.2. The summed E-state index contributed by atoms with van der Waals surface area (Å²) in [5, 5.41) is 1.09. The second-order valence-electron chi connectivity index (χ2n) is 5.09. The molecular weight excluding hydrogens is 266 g/mol. The summed E-state index contributed by atoms with van der Waals surface area (Å²) in [5.41, 5.74) is 3.69. The highest BCUT2D eigenvalue weighted by molar-refractivity contribution is 7.18. The molecule has 1 fully saturated rings. The van der Waals surface area contributed by atoms with Gasteiger partial charge in [-0.3, -0.25) is 0 Å². The summed E-state index contributed by atoms with van der Waals surface area (Å²) in [6, 6.07) is 17.0. The number of rotatable bonds is 3. The molecule has 1 aliphatic heterocycles. The van der Waals surface area contributed by atoms with Crippen LogP contribution in [0.4, 0.5) is 0 Å². The zero-order valence-corrected chi connectivity index (χ0v) is 12.1. The van der Waals surface area contributed by atoms with Gasteiger partial charge in [0.1, 0.15) is 17.2 Å². The summed E-state index contributed by atoms with van der Waals surface area (Å²) in [6.45, 7) is 2.17. The van der Waals surface area contributed by atoms with Crippen LogP contribution in [0.2, 0.25) is 0 Å². The molecule has 3 aromatic rings. The molecule has 2 heterocycles. The van der Waals surface area contributed by atoms with E-state index in [4.69, 9.17) is 4.74 Å². The summed E-state index contributed by atoms with van der Waals surface area (Å²) in [7, 11) is 0. The minimum Gasteiger partial charge on any atom is -0.357 e. The van der Waals surface area contributed by atoms with E-state index in [0.717, 1.165) is 16.9 Å². The monoisotopic (exact) mass is 281 g/mol. The van der Waals surface area contributed by atoms with Gasteiger partial charge in [-0.15, -0.1) is 11.3 Å². The Bertz CT molecular complexity index is 714. The Hall–Kier alpha value is -1.71. The van der Waals surface area contributed by atoms with Gasteiger partial charge in [0.2, 0.25) is 0 Å². The van der Waals surface area contributed by atoms with Crippen molar-refractivity contribution in [2.45, 2.75) is 25.6 Å². The molecule has 0 bridgehead atoms. The van der Waals surface area contributed by atoms with E-state index < -0.39 is 0 Å². The molecule has 2 unspecified atom stereocenters. The fourth-order valence-electron chi connectivity index (χ4n) is 2.51. The number of hydrogen-bond acceptors (Lipinski definition) is 3. The molecule has 2 atom stereocenters. The van der Waals surface area contributed by atoms with E-state index >= 15 is 0 Å². The standard InChI is InChI=1S/C17H15NOS/c1-2-11-7-9-12(10-8-11)15-16(19-15)17-18-13-5-3-4-6-14(13)20-17/h3-10,15-16H,2H2,1H3. The van der Waals surface area contributed by atoms with Crippen molar-refractivity contribution in [3.05, 3.63) is 64.7 Å². The molecule has 0 spiro atoms. The normalized spacial score (nSPS) is 21.2. The Kier molecular flexibility index (Phi) is 2.83. The molecule has 4 rings (SSSR count). The van der Waals surface area contributed by atoms with Gasteiger partial charge in [0.05, 0.1) is 10.2 Å². The van der Waals surface area contributed by atoms with Gasteiger partial charge in [0, 0.05) is 0 Å². The van der Waals surface area contributed by atoms with Crippen LogP contribution in [0.15, 0.2) is 48.5 Å². The predicted octanol–water partition coefficient (Wildman–Crippen LogP) is 4.67. The molecule has 0 saturated carbocycles. The zero-order chi connectivity index (χ0) is 13.5. The first-order valence-electron chi connectivity index (χ1n) is 6.95. The maximum Gasteiger partial charge on any atom is 0.140 e. The van der Waals surface area contributed by atoms with E-state index in [1.54, 1.807) is 11.3 Å². The van der Waals surface area contributed by atoms with Crippen molar-refractivity contribution in [2.75, 3.05) is 0 Å². The van der Waals surface area contributed by atoms with Crippen LogP contribution in [-0.2, 0) is 11.2 Å². The SMILES string of the molecule is CCc1ccc(C2OC2c2nc3ccccc3s2)cc1. The molecule has 1 aromatic heterocycles. The van der Waals surface area contributed by atoms with Gasteiger partial charge in [0.15, 0.2) is 0 Å². The van der Waals surface area contributed by atoms with E-state index in [0.29, 0.717) is 0 Å². The number of fused-ring (bicyclic) bond motifs is 1. The van der Waals surface area contributed by atoms with Crippen molar-refractivity contribution in [3.63, 3.8) is 0 Å². The molecule has 20 heavy (non-hydrogen) atoms. The fourth-order valence-corrected chi connectivity index (χ4v) is 3.54. The van der Waals surface area contributed by atoms with E-state index in [-0.39, 0.29) is 12.2 Å². The number of para-hydroxylation sites is 1. The van der Waals surface area contributed by atoms with Crippen molar-refractivity contribution in [1.82, 2.24) is 4.98 Å². The quantitative estimate of drug-likeness (QED) is 0.652. The Morgan fingerprint density at radius 3 is 2.60 bits per heavy atom. The summed E-state index contributed by atoms with van der Waals surface area (Å²) in [6.07, 6.45) is 1.40. The van der Waals surface area contributed by atoms with Crippen LogP contribution in [0.5, 0.6) is 0 Å². The molecular formula is C17H15NOS. The number of ether oxygens (including phenoxy) is 1. The van der Waals surface area contributed by atoms with Gasteiger partial charge in [-0.2, -0.15) is 0 Å². The minimum absolute atomic E-state index is 0.139. The maximum absolute atomic E-state index is 5.84. The van der Waals surface area contributed by atoms with Crippen LogP contribution < -0.4 is 0 Å². The predicted molar refractivity (Wildman–Crippen MR) is 82.0 cm³/mol. The lowest BCUT2D eigenvalue weighted by atomic mass is 10.1. The van der Waals surface area contributed by atoms with Crippen molar-refractivity contribution >= 4 is 21.6 Å². The average Bonchev–Trinajstić information content (AvgIpc) is 3.19. The topological polar surface area (TPSA) is 25.4 Å². The van der Waals surface area contributed by atoms with Gasteiger partial charge >= 0.3 is 0 Å². The van der Waals surface area contributed by atoms with Gasteiger partial charge in [-0.05, 0) is 29.7 Å². The van der Waals surface area contributed by atoms with Gasteiger partial charge in [-0.25, -0.2) is 4.98 Å². The third-order valence-electron chi connectivity index (χ3n) is 3.76. The van der Waals surface area contributed by atoms with Gasteiger partial charge in [0.25, 0.3) is 0 Å². The molecule has 0 aliphatic carbocycles. The van der Waals surface area contributed by atoms with Crippen molar-refractivity contribution in [3.8, 4) is 0 Å². The van der Waals surface area contributed by atoms with E-state index in [1.165, 1.54) is 15.8 Å². The highest BCUT2D eigenvalue weighted by Crippen LogP contribution is 2.52. The van der Waals surface area contributed by atoms with Crippen LogP contribution >= 0.6 is 11.3 Å². The second-order valence-corrected chi connectivity index (χ2v) is 6.15. The summed E-state index contributed by atoms with van der Waals surface area (Å²) < 4.78 is 7.07. The number of benzene rings is 2. The number of aryl methyl sites for hydroxylation is 1. The Morgan fingerprint density at radius 1 is 1.05 bits per heavy atom. The molecule has 2 nitrogen and oxygen atoms in total. The lowest BCUT2D eigenvalue weighted by Crippen LogP contribution is -1.85. The lowest BCUT2D eigenvalue weighted by molar-refractivity contribution is 0.377. The Morgan fingerprint density at radius 2 is 1.85 bits per heavy atom. The number of nitrogens with zero attached hydrogens (tertiary/aromatic N) is 1. The maximum atomic E-state index is 5.84. The van der Waals surface area contributed by atoms with Crippen molar-refractivity contribution < 1.29 is 4.74 Å². The highest BCUT2D eigenvalue weighted by atomic mass is 32.1. The largest absolute Gasteiger partial charge is 0.357 e. The first-order valence-corrected chi connectivity index (χ1v) is 7.76. The smallest absolute Gasteiger partial charge is 0.140 e.